The van der Waals surface area contributed by atoms with Gasteiger partial charge in [-0.05, 0) is 31.2 Å². The van der Waals surface area contributed by atoms with Crippen molar-refractivity contribution in [2.45, 2.75) is 31.9 Å². The minimum atomic E-state index is -0.155. The highest BCUT2D eigenvalue weighted by Crippen LogP contribution is 2.27. The Labute approximate surface area is 110 Å². The third kappa shape index (κ3) is 2.44. The Morgan fingerprint density at radius 3 is 2.72 bits per heavy atom. The summed E-state index contributed by atoms with van der Waals surface area (Å²) in [6.45, 7) is 5.88. The zero-order valence-electron chi connectivity index (χ0n) is 10.8. The Kier molecular flexibility index (Phi) is 3.78. The first-order chi connectivity index (χ1) is 8.52. The van der Waals surface area contributed by atoms with E-state index < -0.39 is 0 Å². The van der Waals surface area contributed by atoms with Gasteiger partial charge < -0.3 is 10.2 Å². The lowest BCUT2D eigenvalue weighted by Crippen LogP contribution is -2.09. The molecule has 2 rings (SSSR count). The smallest absolute Gasteiger partial charge is 0.193 e. The summed E-state index contributed by atoms with van der Waals surface area (Å²) >= 11 is 1.52. The second-order valence-electron chi connectivity index (χ2n) is 4.38. The topological polar surface area (TPSA) is 56.2 Å². The molecule has 1 unspecified atom stereocenters. The molecule has 3 nitrogen and oxygen atoms in total. The monoisotopic (exact) mass is 263 g/mol. The lowest BCUT2D eigenvalue weighted by atomic mass is 10.0. The van der Waals surface area contributed by atoms with Crippen LogP contribution in [0.2, 0.25) is 0 Å². The molecule has 0 aliphatic carbocycles. The molecule has 2 N–H and O–H groups in total. The van der Waals surface area contributed by atoms with Gasteiger partial charge in [0.1, 0.15) is 5.58 Å². The van der Waals surface area contributed by atoms with Gasteiger partial charge in [-0.15, -0.1) is 0 Å². The predicted molar refractivity (Wildman–Crippen MR) is 76.2 cm³/mol. The number of hydrogen-bond acceptors (Lipinski definition) is 4. The van der Waals surface area contributed by atoms with Gasteiger partial charge in [0.05, 0.1) is 5.39 Å². The Balaban J connectivity index is 2.79. The molecule has 0 aliphatic rings. The van der Waals surface area contributed by atoms with E-state index in [4.69, 9.17) is 10.2 Å². The molecule has 1 heterocycles. The van der Waals surface area contributed by atoms with Crippen molar-refractivity contribution < 1.29 is 4.42 Å². The maximum Gasteiger partial charge on any atom is 0.193 e. The first-order valence-corrected chi connectivity index (χ1v) is 6.98. The number of rotatable bonds is 3. The summed E-state index contributed by atoms with van der Waals surface area (Å²) in [4.78, 5) is 12.1. The van der Waals surface area contributed by atoms with E-state index >= 15 is 0 Å². The third-order valence-electron chi connectivity index (χ3n) is 2.76. The quantitative estimate of drug-likeness (QED) is 0.864. The molecular formula is C14H17NO2S. The van der Waals surface area contributed by atoms with E-state index in [2.05, 4.69) is 0 Å². The summed E-state index contributed by atoms with van der Waals surface area (Å²) in [5, 5.41) is 1.27. The average Bonchev–Trinajstić information content (AvgIpc) is 2.29. The van der Waals surface area contributed by atoms with Crippen LogP contribution in [0.4, 0.5) is 0 Å². The molecule has 0 fully saturated rings. The van der Waals surface area contributed by atoms with Gasteiger partial charge in [0, 0.05) is 17.7 Å². The summed E-state index contributed by atoms with van der Waals surface area (Å²) in [6.07, 6.45) is 0. The standard InChI is InChI=1S/C14H17NO2S/c1-4-18-13-7-12(16)11-6-8(2)5-10(9(3)15)14(11)17-13/h5-7,9H,4,15H2,1-3H3. The van der Waals surface area contributed by atoms with Crippen LogP contribution in [-0.4, -0.2) is 5.75 Å². The number of nitrogens with two attached hydrogens (primary N) is 1. The maximum atomic E-state index is 12.1. The van der Waals surface area contributed by atoms with Gasteiger partial charge in [-0.2, -0.15) is 0 Å². The van der Waals surface area contributed by atoms with Gasteiger partial charge in [0.2, 0.25) is 0 Å². The lowest BCUT2D eigenvalue weighted by molar-refractivity contribution is 0.494. The summed E-state index contributed by atoms with van der Waals surface area (Å²) in [7, 11) is 0. The highest BCUT2D eigenvalue weighted by atomic mass is 32.2. The van der Waals surface area contributed by atoms with Crippen LogP contribution < -0.4 is 11.2 Å². The molecule has 2 aromatic rings. The number of benzene rings is 1. The lowest BCUT2D eigenvalue weighted by Gasteiger charge is -2.11. The highest BCUT2D eigenvalue weighted by molar-refractivity contribution is 7.99. The van der Waals surface area contributed by atoms with Crippen LogP contribution in [0.1, 0.15) is 31.0 Å². The molecule has 1 aromatic heterocycles. The van der Waals surface area contributed by atoms with Crippen molar-refractivity contribution in [2.75, 3.05) is 5.75 Å². The van der Waals surface area contributed by atoms with Crippen molar-refractivity contribution in [2.24, 2.45) is 5.73 Å². The molecule has 18 heavy (non-hydrogen) atoms. The van der Waals surface area contributed by atoms with Gasteiger partial charge in [-0.1, -0.05) is 24.8 Å². The van der Waals surface area contributed by atoms with E-state index in [1.807, 2.05) is 32.9 Å². The molecule has 0 bridgehead atoms. The second kappa shape index (κ2) is 5.16. The number of thioether (sulfide) groups is 1. The fourth-order valence-corrected chi connectivity index (χ4v) is 2.58. The molecular weight excluding hydrogens is 246 g/mol. The van der Waals surface area contributed by atoms with E-state index in [0.717, 1.165) is 16.9 Å². The van der Waals surface area contributed by atoms with Crippen molar-refractivity contribution in [3.05, 3.63) is 39.5 Å². The first kappa shape index (κ1) is 13.2. The SMILES string of the molecule is CCSc1cc(=O)c2cc(C)cc(C(C)N)c2o1. The Hall–Kier alpha value is -1.26. The van der Waals surface area contributed by atoms with Crippen molar-refractivity contribution in [3.8, 4) is 0 Å². The largest absolute Gasteiger partial charge is 0.449 e. The van der Waals surface area contributed by atoms with Crippen LogP contribution in [0.5, 0.6) is 0 Å². The van der Waals surface area contributed by atoms with Crippen LogP contribution in [0.25, 0.3) is 11.0 Å². The predicted octanol–water partition coefficient (Wildman–Crippen LogP) is 3.23. The van der Waals surface area contributed by atoms with E-state index in [0.29, 0.717) is 16.1 Å². The van der Waals surface area contributed by atoms with Crippen molar-refractivity contribution in [1.82, 2.24) is 0 Å². The molecule has 0 amide bonds. The second-order valence-corrected chi connectivity index (χ2v) is 5.65. The van der Waals surface area contributed by atoms with E-state index in [1.54, 1.807) is 6.07 Å². The van der Waals surface area contributed by atoms with Crippen molar-refractivity contribution in [1.29, 1.82) is 0 Å². The molecule has 0 saturated carbocycles. The fourth-order valence-electron chi connectivity index (χ4n) is 1.96. The van der Waals surface area contributed by atoms with Crippen LogP contribution in [0.15, 0.2) is 32.5 Å². The first-order valence-electron chi connectivity index (χ1n) is 5.99. The van der Waals surface area contributed by atoms with E-state index in [9.17, 15) is 4.79 Å². The molecule has 1 atom stereocenters. The normalized spacial score (nSPS) is 12.9. The van der Waals surface area contributed by atoms with E-state index in [1.165, 1.54) is 11.8 Å². The van der Waals surface area contributed by atoms with Crippen LogP contribution in [0, 0.1) is 6.92 Å². The fraction of sp³-hybridized carbons (Fsp3) is 0.357. The molecule has 0 radical (unpaired) electrons. The van der Waals surface area contributed by atoms with Crippen molar-refractivity contribution >= 4 is 22.7 Å². The zero-order chi connectivity index (χ0) is 13.3. The average molecular weight is 263 g/mol. The zero-order valence-corrected chi connectivity index (χ0v) is 11.6. The Bertz CT molecular complexity index is 631. The van der Waals surface area contributed by atoms with Gasteiger partial charge in [0.15, 0.2) is 10.5 Å². The third-order valence-corrected chi connectivity index (χ3v) is 3.53. The molecule has 0 aliphatic heterocycles. The Morgan fingerprint density at radius 1 is 1.39 bits per heavy atom. The summed E-state index contributed by atoms with van der Waals surface area (Å²) in [6, 6.07) is 5.24. The van der Waals surface area contributed by atoms with Gasteiger partial charge in [-0.3, -0.25) is 4.79 Å². The maximum absolute atomic E-state index is 12.1. The molecule has 96 valence electrons. The molecule has 0 saturated heterocycles. The number of fused-ring (bicyclic) bond motifs is 1. The van der Waals surface area contributed by atoms with Crippen LogP contribution in [-0.2, 0) is 0 Å². The van der Waals surface area contributed by atoms with Gasteiger partial charge >= 0.3 is 0 Å². The van der Waals surface area contributed by atoms with Gasteiger partial charge in [0.25, 0.3) is 0 Å². The minimum absolute atomic E-state index is 0.00204. The number of hydrogen-bond donors (Lipinski definition) is 1. The van der Waals surface area contributed by atoms with Crippen molar-refractivity contribution in [3.63, 3.8) is 0 Å². The van der Waals surface area contributed by atoms with Crippen LogP contribution >= 0.6 is 11.8 Å². The number of aryl methyl sites for hydroxylation is 1. The molecule has 4 heteroatoms. The van der Waals surface area contributed by atoms with Gasteiger partial charge in [-0.25, -0.2) is 0 Å². The Morgan fingerprint density at radius 2 is 2.11 bits per heavy atom. The minimum Gasteiger partial charge on any atom is -0.449 e. The highest BCUT2D eigenvalue weighted by Gasteiger charge is 2.12. The molecule has 1 aromatic carbocycles. The summed E-state index contributed by atoms with van der Waals surface area (Å²) in [5.74, 6) is 0.869. The van der Waals surface area contributed by atoms with Crippen LogP contribution in [0.3, 0.4) is 0 Å². The van der Waals surface area contributed by atoms with E-state index in [-0.39, 0.29) is 11.5 Å². The summed E-state index contributed by atoms with van der Waals surface area (Å²) < 4.78 is 5.81. The molecule has 0 spiro atoms. The summed E-state index contributed by atoms with van der Waals surface area (Å²) in [5.41, 5.74) is 8.49.